The highest BCUT2D eigenvalue weighted by molar-refractivity contribution is 5.93. The van der Waals surface area contributed by atoms with Gasteiger partial charge in [-0.2, -0.15) is 0 Å². The van der Waals surface area contributed by atoms with Gasteiger partial charge in [0, 0.05) is 12.4 Å². The Morgan fingerprint density at radius 3 is 2.70 bits per heavy atom. The summed E-state index contributed by atoms with van der Waals surface area (Å²) in [6.07, 6.45) is 4.35. The van der Waals surface area contributed by atoms with E-state index in [1.165, 1.54) is 0 Å². The number of carbonyl (C=O) groups excluding carboxylic acids is 1. The van der Waals surface area contributed by atoms with Gasteiger partial charge in [0.15, 0.2) is 0 Å². The van der Waals surface area contributed by atoms with Crippen LogP contribution in [0, 0.1) is 0 Å². The van der Waals surface area contributed by atoms with Crippen molar-refractivity contribution in [2.24, 2.45) is 0 Å². The van der Waals surface area contributed by atoms with Gasteiger partial charge in [-0.3, -0.25) is 14.8 Å². The largest absolute Gasteiger partial charge is 0.345 e. The fourth-order valence-electron chi connectivity index (χ4n) is 1.98. The van der Waals surface area contributed by atoms with E-state index in [-0.39, 0.29) is 5.91 Å². The van der Waals surface area contributed by atoms with Crippen molar-refractivity contribution in [1.29, 1.82) is 0 Å². The maximum Gasteiger partial charge on any atom is 0.270 e. The Labute approximate surface area is 119 Å². The van der Waals surface area contributed by atoms with Crippen LogP contribution in [0.1, 0.15) is 47.9 Å². The van der Waals surface area contributed by atoms with Crippen molar-refractivity contribution in [3.05, 3.63) is 59.7 Å². The highest BCUT2D eigenvalue weighted by atomic mass is 16.1. The minimum absolute atomic E-state index is 0.147. The van der Waals surface area contributed by atoms with Crippen molar-refractivity contribution in [1.82, 2.24) is 15.3 Å². The van der Waals surface area contributed by atoms with Gasteiger partial charge in [-0.15, -0.1) is 0 Å². The normalized spacial score (nSPS) is 11.9. The van der Waals surface area contributed by atoms with Gasteiger partial charge in [-0.05, 0) is 36.1 Å². The quantitative estimate of drug-likeness (QED) is 0.908. The van der Waals surface area contributed by atoms with E-state index >= 15 is 0 Å². The number of hydrogen-bond donors (Lipinski definition) is 1. The first-order valence-electron chi connectivity index (χ1n) is 6.85. The SMILES string of the molecule is CCC(C)c1cccnc1C(=O)NCc1ccccn1. The number of rotatable bonds is 5. The zero-order valence-corrected chi connectivity index (χ0v) is 11.8. The van der Waals surface area contributed by atoms with E-state index in [4.69, 9.17) is 0 Å². The molecule has 0 bridgehead atoms. The molecule has 1 amide bonds. The van der Waals surface area contributed by atoms with Crippen molar-refractivity contribution < 1.29 is 4.79 Å². The van der Waals surface area contributed by atoms with Crippen LogP contribution in [0.25, 0.3) is 0 Å². The molecule has 0 aliphatic rings. The maximum atomic E-state index is 12.3. The van der Waals surface area contributed by atoms with Crippen LogP contribution >= 0.6 is 0 Å². The van der Waals surface area contributed by atoms with E-state index in [1.54, 1.807) is 12.4 Å². The Balaban J connectivity index is 2.10. The molecule has 0 radical (unpaired) electrons. The molecule has 2 rings (SSSR count). The van der Waals surface area contributed by atoms with Crippen molar-refractivity contribution in [3.8, 4) is 0 Å². The molecule has 0 saturated carbocycles. The molecule has 1 unspecified atom stereocenters. The smallest absolute Gasteiger partial charge is 0.270 e. The van der Waals surface area contributed by atoms with Gasteiger partial charge in [0.1, 0.15) is 5.69 Å². The van der Waals surface area contributed by atoms with Gasteiger partial charge < -0.3 is 5.32 Å². The van der Waals surface area contributed by atoms with Crippen LogP contribution in [0.2, 0.25) is 0 Å². The molecule has 0 spiro atoms. The van der Waals surface area contributed by atoms with Crippen molar-refractivity contribution >= 4 is 5.91 Å². The van der Waals surface area contributed by atoms with Crippen LogP contribution in [0.3, 0.4) is 0 Å². The number of nitrogens with zero attached hydrogens (tertiary/aromatic N) is 2. The van der Waals surface area contributed by atoms with Crippen LogP contribution < -0.4 is 5.32 Å². The molecule has 4 nitrogen and oxygen atoms in total. The minimum Gasteiger partial charge on any atom is -0.345 e. The monoisotopic (exact) mass is 269 g/mol. The molecule has 1 atom stereocenters. The lowest BCUT2D eigenvalue weighted by molar-refractivity contribution is 0.0944. The molecule has 2 aromatic heterocycles. The Kier molecular flexibility index (Phi) is 4.82. The first-order chi connectivity index (χ1) is 9.72. The van der Waals surface area contributed by atoms with Gasteiger partial charge in [0.05, 0.1) is 12.2 Å². The van der Waals surface area contributed by atoms with Crippen LogP contribution in [0.5, 0.6) is 0 Å². The second kappa shape index (κ2) is 6.80. The average molecular weight is 269 g/mol. The Morgan fingerprint density at radius 1 is 1.20 bits per heavy atom. The fraction of sp³-hybridized carbons (Fsp3) is 0.312. The first-order valence-corrected chi connectivity index (χ1v) is 6.85. The summed E-state index contributed by atoms with van der Waals surface area (Å²) in [5.74, 6) is 0.172. The van der Waals surface area contributed by atoms with Gasteiger partial charge in [-0.25, -0.2) is 0 Å². The van der Waals surface area contributed by atoms with Crippen LogP contribution in [-0.4, -0.2) is 15.9 Å². The Bertz CT molecular complexity index is 569. The zero-order valence-electron chi connectivity index (χ0n) is 11.8. The lowest BCUT2D eigenvalue weighted by atomic mass is 9.97. The van der Waals surface area contributed by atoms with E-state index < -0.39 is 0 Å². The summed E-state index contributed by atoms with van der Waals surface area (Å²) in [5, 5.41) is 2.87. The number of amides is 1. The summed E-state index contributed by atoms with van der Waals surface area (Å²) in [6, 6.07) is 9.48. The molecule has 1 N–H and O–H groups in total. The lowest BCUT2D eigenvalue weighted by Crippen LogP contribution is -2.25. The second-order valence-corrected chi connectivity index (χ2v) is 4.75. The molecule has 0 saturated heterocycles. The molecule has 20 heavy (non-hydrogen) atoms. The standard InChI is InChI=1S/C16H19N3O/c1-3-12(2)14-8-6-10-18-15(14)16(20)19-11-13-7-4-5-9-17-13/h4-10,12H,3,11H2,1-2H3,(H,19,20). The summed E-state index contributed by atoms with van der Waals surface area (Å²) in [5.41, 5.74) is 2.34. The van der Waals surface area contributed by atoms with E-state index in [1.807, 2.05) is 30.3 Å². The molecule has 0 fully saturated rings. The number of aromatic nitrogens is 2. The fourth-order valence-corrected chi connectivity index (χ4v) is 1.98. The van der Waals surface area contributed by atoms with Gasteiger partial charge >= 0.3 is 0 Å². The van der Waals surface area contributed by atoms with Crippen LogP contribution in [-0.2, 0) is 6.54 Å². The molecule has 0 aromatic carbocycles. The zero-order chi connectivity index (χ0) is 14.4. The molecule has 2 aromatic rings. The highest BCUT2D eigenvalue weighted by Crippen LogP contribution is 2.20. The predicted molar refractivity (Wildman–Crippen MR) is 78.4 cm³/mol. The van der Waals surface area contributed by atoms with Crippen LogP contribution in [0.15, 0.2) is 42.7 Å². The van der Waals surface area contributed by atoms with Gasteiger partial charge in [-0.1, -0.05) is 26.0 Å². The van der Waals surface area contributed by atoms with E-state index in [0.717, 1.165) is 17.7 Å². The Hall–Kier alpha value is -2.23. The Morgan fingerprint density at radius 2 is 2.00 bits per heavy atom. The maximum absolute atomic E-state index is 12.3. The summed E-state index contributed by atoms with van der Waals surface area (Å²) in [4.78, 5) is 20.7. The van der Waals surface area contributed by atoms with Crippen molar-refractivity contribution in [3.63, 3.8) is 0 Å². The molecule has 4 heteroatoms. The van der Waals surface area contributed by atoms with Crippen LogP contribution in [0.4, 0.5) is 0 Å². The number of hydrogen-bond acceptors (Lipinski definition) is 3. The summed E-state index contributed by atoms with van der Waals surface area (Å²) in [6.45, 7) is 4.62. The van der Waals surface area contributed by atoms with Gasteiger partial charge in [0.2, 0.25) is 0 Å². The van der Waals surface area contributed by atoms with E-state index in [9.17, 15) is 4.79 Å². The first kappa shape index (κ1) is 14.2. The third kappa shape index (κ3) is 3.41. The summed E-state index contributed by atoms with van der Waals surface area (Å²) in [7, 11) is 0. The molecular weight excluding hydrogens is 250 g/mol. The third-order valence-corrected chi connectivity index (χ3v) is 3.35. The molecular formula is C16H19N3O. The second-order valence-electron chi connectivity index (χ2n) is 4.75. The summed E-state index contributed by atoms with van der Waals surface area (Å²) < 4.78 is 0. The van der Waals surface area contributed by atoms with Crippen molar-refractivity contribution in [2.75, 3.05) is 0 Å². The third-order valence-electron chi connectivity index (χ3n) is 3.35. The van der Waals surface area contributed by atoms with E-state index in [0.29, 0.717) is 18.2 Å². The topological polar surface area (TPSA) is 54.9 Å². The average Bonchev–Trinajstić information content (AvgIpc) is 2.52. The number of carbonyl (C=O) groups is 1. The summed E-state index contributed by atoms with van der Waals surface area (Å²) >= 11 is 0. The molecule has 2 heterocycles. The minimum atomic E-state index is -0.147. The predicted octanol–water partition coefficient (Wildman–Crippen LogP) is 2.92. The van der Waals surface area contributed by atoms with Crippen molar-refractivity contribution in [2.45, 2.75) is 32.7 Å². The molecule has 104 valence electrons. The molecule has 0 aliphatic carbocycles. The molecule has 0 aliphatic heterocycles. The highest BCUT2D eigenvalue weighted by Gasteiger charge is 2.16. The lowest BCUT2D eigenvalue weighted by Gasteiger charge is -2.13. The van der Waals surface area contributed by atoms with E-state index in [2.05, 4.69) is 29.1 Å². The van der Waals surface area contributed by atoms with Gasteiger partial charge in [0.25, 0.3) is 5.91 Å². The number of pyridine rings is 2. The number of nitrogens with one attached hydrogen (secondary N) is 1.